The highest BCUT2D eigenvalue weighted by molar-refractivity contribution is 6.20. The molecule has 0 aliphatic heterocycles. The van der Waals surface area contributed by atoms with Crippen LogP contribution in [0.2, 0.25) is 0 Å². The van der Waals surface area contributed by atoms with Gasteiger partial charge >= 0.3 is 0 Å². The van der Waals surface area contributed by atoms with Crippen LogP contribution in [0, 0.1) is 0 Å². The third-order valence-electron chi connectivity index (χ3n) is 13.7. The summed E-state index contributed by atoms with van der Waals surface area (Å²) in [6.45, 7) is 0. The Kier molecular flexibility index (Phi) is 9.54. The summed E-state index contributed by atoms with van der Waals surface area (Å²) in [4.78, 5) is 10.4. The molecule has 0 atom stereocenters. The van der Waals surface area contributed by atoms with Crippen LogP contribution < -0.4 is 0 Å². The predicted octanol–water partition coefficient (Wildman–Crippen LogP) is 17.9. The van der Waals surface area contributed by atoms with Gasteiger partial charge in [0.05, 0.1) is 11.4 Å². The third kappa shape index (κ3) is 6.90. The fraction of sp³-hybridized carbons (Fsp3) is 0. The van der Waals surface area contributed by atoms with Crippen LogP contribution in [0.5, 0.6) is 0 Å². The molecule has 0 aliphatic rings. The number of hydrogen-bond acceptors (Lipinski definition) is 2. The molecule has 0 unspecified atom stereocenters. The van der Waals surface area contributed by atoms with E-state index in [9.17, 15) is 0 Å². The summed E-state index contributed by atoms with van der Waals surface area (Å²) in [7, 11) is 0. The van der Waals surface area contributed by atoms with Crippen molar-refractivity contribution in [2.24, 2.45) is 0 Å². The maximum Gasteiger partial charge on any atom is 0.160 e. The van der Waals surface area contributed by atoms with Crippen LogP contribution in [0.3, 0.4) is 0 Å². The Labute approximate surface area is 395 Å². The molecular formula is C66H42N2. The fourth-order valence-electron chi connectivity index (χ4n) is 10.3. The summed E-state index contributed by atoms with van der Waals surface area (Å²) >= 11 is 0. The van der Waals surface area contributed by atoms with Gasteiger partial charge < -0.3 is 0 Å². The van der Waals surface area contributed by atoms with Crippen molar-refractivity contribution in [1.82, 2.24) is 9.97 Å². The molecule has 2 heteroatoms. The van der Waals surface area contributed by atoms with Crippen LogP contribution in [-0.2, 0) is 0 Å². The van der Waals surface area contributed by atoms with Gasteiger partial charge in [-0.2, -0.15) is 0 Å². The molecule has 0 radical (unpaired) electrons. The molecular weight excluding hydrogens is 821 g/mol. The molecule has 68 heavy (non-hydrogen) atoms. The molecule has 2 nitrogen and oxygen atoms in total. The highest BCUT2D eigenvalue weighted by atomic mass is 14.9. The van der Waals surface area contributed by atoms with Gasteiger partial charge in [-0.1, -0.05) is 243 Å². The van der Waals surface area contributed by atoms with Gasteiger partial charge in [0.25, 0.3) is 0 Å². The quantitative estimate of drug-likeness (QED) is 0.118. The van der Waals surface area contributed by atoms with Crippen LogP contribution in [0.15, 0.2) is 255 Å². The standard InChI is InChI=1S/C66H42N2/c1-2-15-51(16-3-1)66-67-63(49-33-31-47(32-34-49)54-24-12-18-45-13-4-7-19-53(45)54)42-64(68-66)60-40-39-56(58-22-10-11-23-59(58)60)48-29-25-43(26-30-48)44-27-35-50(36-28-44)65-57-21-9-6-17-52(57)41-62-55-20-8-5-14-46(55)37-38-61(62)65/h1-42H. The first-order chi connectivity index (χ1) is 33.7. The molecule has 12 aromatic carbocycles. The van der Waals surface area contributed by atoms with E-state index in [-0.39, 0.29) is 0 Å². The van der Waals surface area contributed by atoms with E-state index in [4.69, 9.17) is 9.97 Å². The minimum atomic E-state index is 0.701. The third-order valence-corrected chi connectivity index (χ3v) is 13.7. The van der Waals surface area contributed by atoms with Crippen molar-refractivity contribution in [3.63, 3.8) is 0 Å². The molecule has 0 bridgehead atoms. The van der Waals surface area contributed by atoms with Gasteiger partial charge in [-0.25, -0.2) is 9.97 Å². The van der Waals surface area contributed by atoms with Gasteiger partial charge in [-0.05, 0) is 111 Å². The van der Waals surface area contributed by atoms with Gasteiger partial charge in [-0.3, -0.25) is 0 Å². The van der Waals surface area contributed by atoms with Crippen molar-refractivity contribution in [1.29, 1.82) is 0 Å². The van der Waals surface area contributed by atoms with Crippen molar-refractivity contribution in [3.05, 3.63) is 255 Å². The Balaban J connectivity index is 0.844. The lowest BCUT2D eigenvalue weighted by Gasteiger charge is -2.15. The highest BCUT2D eigenvalue weighted by Gasteiger charge is 2.17. The van der Waals surface area contributed by atoms with Crippen LogP contribution in [0.4, 0.5) is 0 Å². The molecule has 0 aliphatic carbocycles. The van der Waals surface area contributed by atoms with Gasteiger partial charge in [0.15, 0.2) is 5.82 Å². The maximum absolute atomic E-state index is 5.25. The molecule has 0 fully saturated rings. The molecule has 0 spiro atoms. The Bertz CT molecular complexity index is 4040. The van der Waals surface area contributed by atoms with E-state index in [0.717, 1.165) is 33.5 Å². The lowest BCUT2D eigenvalue weighted by atomic mass is 9.89. The number of nitrogens with zero attached hydrogens (tertiary/aromatic N) is 2. The van der Waals surface area contributed by atoms with E-state index >= 15 is 0 Å². The lowest BCUT2D eigenvalue weighted by molar-refractivity contribution is 1.18. The molecule has 13 aromatic rings. The molecule has 0 saturated carbocycles. The lowest BCUT2D eigenvalue weighted by Crippen LogP contribution is -1.97. The minimum absolute atomic E-state index is 0.701. The normalized spacial score (nSPS) is 11.5. The fourth-order valence-corrected chi connectivity index (χ4v) is 10.3. The summed E-state index contributed by atoms with van der Waals surface area (Å²) in [5.74, 6) is 0.701. The van der Waals surface area contributed by atoms with Crippen molar-refractivity contribution < 1.29 is 0 Å². The van der Waals surface area contributed by atoms with Crippen LogP contribution in [0.1, 0.15) is 0 Å². The van der Waals surface area contributed by atoms with E-state index in [1.54, 1.807) is 0 Å². The zero-order chi connectivity index (χ0) is 45.0. The van der Waals surface area contributed by atoms with Crippen LogP contribution >= 0.6 is 0 Å². The van der Waals surface area contributed by atoms with E-state index in [0.29, 0.717) is 5.82 Å². The van der Waals surface area contributed by atoms with Crippen LogP contribution in [-0.4, -0.2) is 9.97 Å². The number of rotatable bonds is 7. The van der Waals surface area contributed by atoms with Gasteiger partial charge in [-0.15, -0.1) is 0 Å². The molecule has 13 rings (SSSR count). The Hall–Kier alpha value is -8.98. The summed E-state index contributed by atoms with van der Waals surface area (Å²) in [5.41, 5.74) is 14.5. The summed E-state index contributed by atoms with van der Waals surface area (Å²) < 4.78 is 0. The Morgan fingerprint density at radius 3 is 1.40 bits per heavy atom. The van der Waals surface area contributed by atoms with E-state index in [2.05, 4.69) is 237 Å². The van der Waals surface area contributed by atoms with E-state index in [1.807, 2.05) is 18.2 Å². The molecule has 316 valence electrons. The summed E-state index contributed by atoms with van der Waals surface area (Å²) in [6, 6.07) is 92.0. The summed E-state index contributed by atoms with van der Waals surface area (Å²) in [5, 5.41) is 12.4. The predicted molar refractivity (Wildman–Crippen MR) is 288 cm³/mol. The number of fused-ring (bicyclic) bond motifs is 6. The zero-order valence-electron chi connectivity index (χ0n) is 37.1. The Morgan fingerprint density at radius 2 is 0.691 bits per heavy atom. The molecule has 1 aromatic heterocycles. The largest absolute Gasteiger partial charge is 0.228 e. The second-order valence-corrected chi connectivity index (χ2v) is 17.6. The summed E-state index contributed by atoms with van der Waals surface area (Å²) in [6.07, 6.45) is 0. The van der Waals surface area contributed by atoms with Crippen molar-refractivity contribution >= 4 is 53.9 Å². The van der Waals surface area contributed by atoms with Gasteiger partial charge in [0, 0.05) is 16.7 Å². The van der Waals surface area contributed by atoms with Crippen molar-refractivity contribution in [3.8, 4) is 78.4 Å². The average Bonchev–Trinajstić information content (AvgIpc) is 3.42. The van der Waals surface area contributed by atoms with Crippen LogP contribution in [0.25, 0.3) is 132 Å². The first kappa shape index (κ1) is 39.4. The average molecular weight is 863 g/mol. The zero-order valence-corrected chi connectivity index (χ0v) is 37.1. The second-order valence-electron chi connectivity index (χ2n) is 17.6. The number of benzene rings is 12. The van der Waals surface area contributed by atoms with E-state index < -0.39 is 0 Å². The Morgan fingerprint density at radius 1 is 0.206 bits per heavy atom. The smallest absolute Gasteiger partial charge is 0.160 e. The minimum Gasteiger partial charge on any atom is -0.228 e. The first-order valence-electron chi connectivity index (χ1n) is 23.3. The SMILES string of the molecule is c1ccc(-c2nc(-c3ccc(-c4cccc5ccccc45)cc3)cc(-c3ccc(-c4ccc(-c5ccc(-c6c7ccccc7cc7c6ccc6ccccc67)cc5)cc4)c4ccccc34)n2)cc1. The number of aromatic nitrogens is 2. The maximum atomic E-state index is 5.25. The topological polar surface area (TPSA) is 25.8 Å². The van der Waals surface area contributed by atoms with Crippen molar-refractivity contribution in [2.45, 2.75) is 0 Å². The highest BCUT2D eigenvalue weighted by Crippen LogP contribution is 2.41. The monoisotopic (exact) mass is 862 g/mol. The molecule has 1 heterocycles. The molecule has 0 amide bonds. The molecule has 0 saturated heterocycles. The number of hydrogen-bond donors (Lipinski definition) is 0. The molecule has 0 N–H and O–H groups in total. The second kappa shape index (κ2) is 16.5. The van der Waals surface area contributed by atoms with E-state index in [1.165, 1.54) is 93.0 Å². The van der Waals surface area contributed by atoms with Crippen molar-refractivity contribution in [2.75, 3.05) is 0 Å². The first-order valence-corrected chi connectivity index (χ1v) is 23.3. The van der Waals surface area contributed by atoms with Gasteiger partial charge in [0.2, 0.25) is 0 Å². The van der Waals surface area contributed by atoms with Gasteiger partial charge in [0.1, 0.15) is 0 Å².